The molecule has 0 aromatic heterocycles. The number of ether oxygens (including phenoxy) is 1. The number of nitrogens with zero attached hydrogens (tertiary/aromatic N) is 1. The summed E-state index contributed by atoms with van der Waals surface area (Å²) in [5.74, 6) is 1.41. The van der Waals surface area contributed by atoms with Crippen LogP contribution in [-0.4, -0.2) is 40.8 Å². The summed E-state index contributed by atoms with van der Waals surface area (Å²) in [6.45, 7) is 15.5. The summed E-state index contributed by atoms with van der Waals surface area (Å²) in [4.78, 5) is 2.61. The van der Waals surface area contributed by atoms with Gasteiger partial charge in [0.05, 0.1) is 12.2 Å². The van der Waals surface area contributed by atoms with E-state index in [1.807, 2.05) is 0 Å². The zero-order valence-electron chi connectivity index (χ0n) is 18.1. The first-order valence-corrected chi connectivity index (χ1v) is 10.8. The van der Waals surface area contributed by atoms with E-state index >= 15 is 0 Å². The monoisotopic (exact) mass is 373 g/mol. The minimum absolute atomic E-state index is 0.0491. The molecule has 1 aromatic rings. The van der Waals surface area contributed by atoms with E-state index in [2.05, 4.69) is 76.8 Å². The summed E-state index contributed by atoms with van der Waals surface area (Å²) in [5, 5.41) is 10.9. The van der Waals surface area contributed by atoms with E-state index in [9.17, 15) is 5.11 Å². The summed E-state index contributed by atoms with van der Waals surface area (Å²) >= 11 is 0. The minimum Gasteiger partial charge on any atom is -0.393 e. The first-order chi connectivity index (χ1) is 12.6. The molecule has 5 atom stereocenters. The van der Waals surface area contributed by atoms with Gasteiger partial charge in [0.2, 0.25) is 0 Å². The number of aliphatic hydroxyl groups excluding tert-OH is 1. The highest BCUT2D eigenvalue weighted by Gasteiger charge is 2.48. The molecule has 1 heterocycles. The Kier molecular flexibility index (Phi) is 6.05. The highest BCUT2D eigenvalue weighted by molar-refractivity contribution is 5.23. The lowest BCUT2D eigenvalue weighted by molar-refractivity contribution is -0.194. The summed E-state index contributed by atoms with van der Waals surface area (Å²) < 4.78 is 6.67. The standard InChI is InChI=1S/C24H39NO2/c1-17(2)22-15-25(16-24(6,27-22)19-10-8-7-9-11-19)23(4,5)20-13-12-18(3)14-21(20)26/h7-11,17-18,20-22,26H,12-16H2,1-6H3/t18-,20-,21-,22-,24-/m1/s1. The van der Waals surface area contributed by atoms with Crippen molar-refractivity contribution < 1.29 is 9.84 Å². The molecule has 0 bridgehead atoms. The number of rotatable bonds is 4. The third kappa shape index (κ3) is 4.26. The molecule has 0 amide bonds. The van der Waals surface area contributed by atoms with Crippen LogP contribution in [0.2, 0.25) is 0 Å². The van der Waals surface area contributed by atoms with E-state index < -0.39 is 0 Å². The lowest BCUT2D eigenvalue weighted by atomic mass is 9.70. The lowest BCUT2D eigenvalue weighted by Gasteiger charge is -2.55. The summed E-state index contributed by atoms with van der Waals surface area (Å²) in [6, 6.07) is 10.6. The van der Waals surface area contributed by atoms with Crippen LogP contribution in [0.25, 0.3) is 0 Å². The van der Waals surface area contributed by atoms with E-state index in [1.165, 1.54) is 12.0 Å². The maximum Gasteiger partial charge on any atom is 0.103 e. The van der Waals surface area contributed by atoms with E-state index in [0.29, 0.717) is 17.8 Å². The van der Waals surface area contributed by atoms with E-state index in [-0.39, 0.29) is 23.3 Å². The summed E-state index contributed by atoms with van der Waals surface area (Å²) in [5.41, 5.74) is 0.875. The molecule has 3 heteroatoms. The second kappa shape index (κ2) is 7.85. The normalized spacial score (nSPS) is 36.1. The molecule has 1 saturated carbocycles. The average molecular weight is 374 g/mol. The van der Waals surface area contributed by atoms with Crippen LogP contribution in [-0.2, 0) is 10.3 Å². The summed E-state index contributed by atoms with van der Waals surface area (Å²) in [7, 11) is 0. The fraction of sp³-hybridized carbons (Fsp3) is 0.750. The van der Waals surface area contributed by atoms with Gasteiger partial charge in [-0.1, -0.05) is 57.5 Å². The third-order valence-corrected chi connectivity index (χ3v) is 7.23. The molecule has 3 nitrogen and oxygen atoms in total. The SMILES string of the molecule is CC(C)[C@H]1CN(C(C)(C)[C@@H]2CC[C@@H](C)C[C@H]2O)C[C@](C)(c2ccccc2)O1. The van der Waals surface area contributed by atoms with Gasteiger partial charge in [-0.15, -0.1) is 0 Å². The molecule has 0 radical (unpaired) electrons. The van der Waals surface area contributed by atoms with Gasteiger partial charge in [-0.25, -0.2) is 0 Å². The van der Waals surface area contributed by atoms with Gasteiger partial charge in [0.25, 0.3) is 0 Å². The van der Waals surface area contributed by atoms with Crippen LogP contribution in [0.3, 0.4) is 0 Å². The Bertz CT molecular complexity index is 614. The van der Waals surface area contributed by atoms with Crippen molar-refractivity contribution in [1.29, 1.82) is 0 Å². The minimum atomic E-state index is -0.321. The topological polar surface area (TPSA) is 32.7 Å². The molecule has 1 aliphatic heterocycles. The van der Waals surface area contributed by atoms with Gasteiger partial charge in [-0.05, 0) is 51.0 Å². The first kappa shape index (κ1) is 20.8. The third-order valence-electron chi connectivity index (χ3n) is 7.23. The van der Waals surface area contributed by atoms with Crippen LogP contribution >= 0.6 is 0 Å². The molecule has 1 aliphatic carbocycles. The van der Waals surface area contributed by atoms with Gasteiger partial charge in [0.15, 0.2) is 0 Å². The predicted octanol–water partition coefficient (Wildman–Crippen LogP) is 4.83. The Morgan fingerprint density at radius 3 is 2.44 bits per heavy atom. The Balaban J connectivity index is 1.89. The van der Waals surface area contributed by atoms with Gasteiger partial charge in [0.1, 0.15) is 5.60 Å². The largest absolute Gasteiger partial charge is 0.393 e. The van der Waals surface area contributed by atoms with Crippen LogP contribution < -0.4 is 0 Å². The van der Waals surface area contributed by atoms with Crippen molar-refractivity contribution in [3.8, 4) is 0 Å². The number of hydrogen-bond acceptors (Lipinski definition) is 3. The number of hydrogen-bond donors (Lipinski definition) is 1. The maximum atomic E-state index is 10.9. The number of aliphatic hydroxyl groups is 1. The van der Waals surface area contributed by atoms with E-state index in [4.69, 9.17) is 4.74 Å². The van der Waals surface area contributed by atoms with Gasteiger partial charge in [-0.3, -0.25) is 4.90 Å². The van der Waals surface area contributed by atoms with Crippen LogP contribution in [0, 0.1) is 17.8 Å². The van der Waals surface area contributed by atoms with Gasteiger partial charge >= 0.3 is 0 Å². The second-order valence-corrected chi connectivity index (χ2v) is 10.1. The van der Waals surface area contributed by atoms with Crippen molar-refractivity contribution >= 4 is 0 Å². The molecule has 1 saturated heterocycles. The van der Waals surface area contributed by atoms with Crippen molar-refractivity contribution in [2.75, 3.05) is 13.1 Å². The highest BCUT2D eigenvalue weighted by Crippen LogP contribution is 2.43. The van der Waals surface area contributed by atoms with E-state index in [0.717, 1.165) is 25.9 Å². The molecule has 1 N–H and O–H groups in total. The second-order valence-electron chi connectivity index (χ2n) is 10.1. The summed E-state index contributed by atoms with van der Waals surface area (Å²) in [6.07, 6.45) is 3.26. The maximum absolute atomic E-state index is 10.9. The van der Waals surface area contributed by atoms with Gasteiger partial charge in [0, 0.05) is 24.5 Å². The molecule has 0 spiro atoms. The van der Waals surface area contributed by atoms with Crippen molar-refractivity contribution in [2.24, 2.45) is 17.8 Å². The molecular weight excluding hydrogens is 334 g/mol. The quantitative estimate of drug-likeness (QED) is 0.820. The van der Waals surface area contributed by atoms with E-state index in [1.54, 1.807) is 0 Å². The Morgan fingerprint density at radius 2 is 1.85 bits per heavy atom. The molecule has 152 valence electrons. The number of benzene rings is 1. The van der Waals surface area contributed by atoms with Crippen LogP contribution in [0.4, 0.5) is 0 Å². The van der Waals surface area contributed by atoms with Crippen molar-refractivity contribution in [3.05, 3.63) is 35.9 Å². The highest BCUT2D eigenvalue weighted by atomic mass is 16.5. The number of morpholine rings is 1. The molecule has 0 unspecified atom stereocenters. The van der Waals surface area contributed by atoms with Gasteiger partial charge in [-0.2, -0.15) is 0 Å². The Labute approximate surface area is 166 Å². The fourth-order valence-electron chi connectivity index (χ4n) is 5.20. The Hall–Kier alpha value is -0.900. The first-order valence-electron chi connectivity index (χ1n) is 10.8. The smallest absolute Gasteiger partial charge is 0.103 e. The van der Waals surface area contributed by atoms with Crippen LogP contribution in [0.1, 0.15) is 66.4 Å². The predicted molar refractivity (Wildman–Crippen MR) is 112 cm³/mol. The lowest BCUT2D eigenvalue weighted by Crippen LogP contribution is -2.63. The van der Waals surface area contributed by atoms with Crippen LogP contribution in [0.15, 0.2) is 30.3 Å². The molecule has 2 fully saturated rings. The average Bonchev–Trinajstić information content (AvgIpc) is 2.61. The molecule has 2 aliphatic rings. The van der Waals surface area contributed by atoms with Crippen molar-refractivity contribution in [1.82, 2.24) is 4.90 Å². The van der Waals surface area contributed by atoms with Crippen molar-refractivity contribution in [3.63, 3.8) is 0 Å². The fourth-order valence-corrected chi connectivity index (χ4v) is 5.20. The molecule has 3 rings (SSSR count). The molecule has 27 heavy (non-hydrogen) atoms. The van der Waals surface area contributed by atoms with Gasteiger partial charge < -0.3 is 9.84 Å². The molecular formula is C24H39NO2. The zero-order valence-corrected chi connectivity index (χ0v) is 18.1. The Morgan fingerprint density at radius 1 is 1.19 bits per heavy atom. The zero-order chi connectivity index (χ0) is 19.8. The van der Waals surface area contributed by atoms with Crippen LogP contribution in [0.5, 0.6) is 0 Å². The van der Waals surface area contributed by atoms with Crippen molar-refractivity contribution in [2.45, 2.75) is 84.2 Å². The molecule has 1 aromatic carbocycles.